The van der Waals surface area contributed by atoms with Crippen LogP contribution in [0.1, 0.15) is 46.0 Å². The first-order valence-corrected chi connectivity index (χ1v) is 9.83. The molecule has 3 aliphatic rings. The van der Waals surface area contributed by atoms with Gasteiger partial charge in [0.2, 0.25) is 0 Å². The summed E-state index contributed by atoms with van der Waals surface area (Å²) in [5.41, 5.74) is -0.0256. The van der Waals surface area contributed by atoms with Gasteiger partial charge in [-0.2, -0.15) is 0 Å². The van der Waals surface area contributed by atoms with Crippen molar-refractivity contribution in [3.05, 3.63) is 0 Å². The summed E-state index contributed by atoms with van der Waals surface area (Å²) in [6.45, 7) is 5.21. The number of hydrogen-bond donors (Lipinski definition) is 1. The van der Waals surface area contributed by atoms with E-state index in [2.05, 4.69) is 19.2 Å². The third-order valence-corrected chi connectivity index (χ3v) is 8.14. The van der Waals surface area contributed by atoms with Crippen LogP contribution in [0.4, 0.5) is 0 Å². The zero-order chi connectivity index (χ0) is 13.6. The summed E-state index contributed by atoms with van der Waals surface area (Å²) in [6, 6.07) is 0. The Morgan fingerprint density at radius 3 is 2.42 bits per heavy atom. The van der Waals surface area contributed by atoms with Gasteiger partial charge in [-0.3, -0.25) is 9.88 Å². The Labute approximate surface area is 119 Å². The molecule has 2 saturated heterocycles. The summed E-state index contributed by atoms with van der Waals surface area (Å²) in [4.78, 5) is 0.139. The number of hydrogen-bond acceptors (Lipinski definition) is 5. The second kappa shape index (κ2) is 5.03. The Kier molecular flexibility index (Phi) is 3.81. The lowest BCUT2D eigenvalue weighted by molar-refractivity contribution is 0.0370. The molecule has 2 heterocycles. The van der Waals surface area contributed by atoms with E-state index in [0.29, 0.717) is 13.2 Å². The Hall–Kier alpha value is 0.460. The highest BCUT2D eigenvalue weighted by molar-refractivity contribution is 8.01. The van der Waals surface area contributed by atoms with Crippen LogP contribution < -0.4 is 5.32 Å². The Morgan fingerprint density at radius 2 is 1.79 bits per heavy atom. The zero-order valence-corrected chi connectivity index (χ0v) is 13.5. The SMILES string of the molecule is CC1(C)COP(=O)(C2CSC3(CCCCC3)N2)OC1. The first kappa shape index (κ1) is 14.4. The lowest BCUT2D eigenvalue weighted by Gasteiger charge is -2.38. The van der Waals surface area contributed by atoms with Crippen molar-refractivity contribution in [2.75, 3.05) is 19.0 Å². The molecule has 3 rings (SSSR count). The van der Waals surface area contributed by atoms with Crippen LogP contribution in [0.3, 0.4) is 0 Å². The van der Waals surface area contributed by atoms with Crippen molar-refractivity contribution in [1.82, 2.24) is 5.32 Å². The van der Waals surface area contributed by atoms with Crippen LogP contribution in [0.25, 0.3) is 0 Å². The summed E-state index contributed by atoms with van der Waals surface area (Å²) in [5, 5.41) is 3.59. The van der Waals surface area contributed by atoms with Gasteiger partial charge in [-0.05, 0) is 12.8 Å². The average Bonchev–Trinajstić information content (AvgIpc) is 2.79. The van der Waals surface area contributed by atoms with Gasteiger partial charge >= 0.3 is 7.60 Å². The van der Waals surface area contributed by atoms with Crippen LogP contribution in [0.5, 0.6) is 0 Å². The van der Waals surface area contributed by atoms with Gasteiger partial charge in [-0.25, -0.2) is 0 Å². The predicted molar refractivity (Wildman–Crippen MR) is 78.5 cm³/mol. The molecular formula is C13H24NO3PS. The Morgan fingerprint density at radius 1 is 1.16 bits per heavy atom. The van der Waals surface area contributed by atoms with E-state index < -0.39 is 7.60 Å². The lowest BCUT2D eigenvalue weighted by atomic mass is 9.95. The van der Waals surface area contributed by atoms with E-state index in [9.17, 15) is 4.57 Å². The summed E-state index contributed by atoms with van der Waals surface area (Å²) in [7, 11) is -2.97. The van der Waals surface area contributed by atoms with Crippen LogP contribution in [0.15, 0.2) is 0 Å². The predicted octanol–water partition coefficient (Wildman–Crippen LogP) is 3.58. The minimum Gasteiger partial charge on any atom is -0.307 e. The molecule has 0 radical (unpaired) electrons. The van der Waals surface area contributed by atoms with E-state index in [1.54, 1.807) is 0 Å². The molecule has 1 unspecified atom stereocenters. The van der Waals surface area contributed by atoms with E-state index >= 15 is 0 Å². The van der Waals surface area contributed by atoms with Crippen molar-refractivity contribution in [3.8, 4) is 0 Å². The highest BCUT2D eigenvalue weighted by Gasteiger charge is 2.50. The Bertz CT molecular complexity index is 381. The zero-order valence-electron chi connectivity index (χ0n) is 11.8. The summed E-state index contributed by atoms with van der Waals surface area (Å²) in [6.07, 6.45) is 6.23. The molecule has 4 nitrogen and oxygen atoms in total. The quantitative estimate of drug-likeness (QED) is 0.750. The van der Waals surface area contributed by atoms with E-state index in [4.69, 9.17) is 9.05 Å². The van der Waals surface area contributed by atoms with Gasteiger partial charge in [0.05, 0.1) is 18.1 Å². The summed E-state index contributed by atoms with van der Waals surface area (Å²) >= 11 is 1.92. The minimum atomic E-state index is -2.97. The second-order valence-corrected chi connectivity index (χ2v) is 10.4. The molecule has 1 atom stereocenters. The highest BCUT2D eigenvalue weighted by Crippen LogP contribution is 2.61. The normalized spacial score (nSPS) is 36.4. The maximum absolute atomic E-state index is 12.8. The maximum atomic E-state index is 12.8. The monoisotopic (exact) mass is 305 g/mol. The highest BCUT2D eigenvalue weighted by atomic mass is 32.2. The van der Waals surface area contributed by atoms with Crippen LogP contribution in [0.2, 0.25) is 0 Å². The van der Waals surface area contributed by atoms with Crippen molar-refractivity contribution < 1.29 is 13.6 Å². The van der Waals surface area contributed by atoms with Crippen molar-refractivity contribution in [2.24, 2.45) is 5.41 Å². The topological polar surface area (TPSA) is 47.6 Å². The number of rotatable bonds is 1. The molecule has 0 aromatic rings. The third kappa shape index (κ3) is 2.91. The standard InChI is InChI=1S/C13H24NO3PS/c1-12(2)9-16-18(15,17-10-12)11-8-19-13(14-11)6-4-3-5-7-13/h11,14H,3-10H2,1-2H3. The molecular weight excluding hydrogens is 281 g/mol. The van der Waals surface area contributed by atoms with E-state index in [0.717, 1.165) is 5.75 Å². The largest absolute Gasteiger partial charge is 0.348 e. The van der Waals surface area contributed by atoms with Crippen molar-refractivity contribution >= 4 is 19.4 Å². The molecule has 110 valence electrons. The average molecular weight is 305 g/mol. The number of thioether (sulfide) groups is 1. The van der Waals surface area contributed by atoms with E-state index in [-0.39, 0.29) is 16.1 Å². The fraction of sp³-hybridized carbons (Fsp3) is 1.00. The molecule has 19 heavy (non-hydrogen) atoms. The van der Waals surface area contributed by atoms with Crippen LogP contribution in [0, 0.1) is 5.41 Å². The molecule has 0 bridgehead atoms. The van der Waals surface area contributed by atoms with Crippen LogP contribution in [-0.2, 0) is 13.6 Å². The van der Waals surface area contributed by atoms with Gasteiger partial charge in [0, 0.05) is 11.2 Å². The second-order valence-electron chi connectivity index (χ2n) is 6.78. The molecule has 1 spiro atoms. The summed E-state index contributed by atoms with van der Waals surface area (Å²) < 4.78 is 24.1. The van der Waals surface area contributed by atoms with E-state index in [1.807, 2.05) is 11.8 Å². The van der Waals surface area contributed by atoms with Gasteiger partial charge in [0.25, 0.3) is 0 Å². The van der Waals surface area contributed by atoms with Crippen molar-refractivity contribution in [2.45, 2.75) is 56.6 Å². The van der Waals surface area contributed by atoms with Gasteiger partial charge in [-0.15, -0.1) is 11.8 Å². The van der Waals surface area contributed by atoms with E-state index in [1.165, 1.54) is 32.1 Å². The Balaban J connectivity index is 1.66. The summed E-state index contributed by atoms with van der Waals surface area (Å²) in [5.74, 6) is 0.726. The molecule has 1 saturated carbocycles. The minimum absolute atomic E-state index is 0.0256. The fourth-order valence-corrected chi connectivity index (χ4v) is 7.30. The first-order chi connectivity index (χ1) is 8.93. The molecule has 1 aliphatic carbocycles. The molecule has 0 aromatic carbocycles. The number of nitrogens with one attached hydrogen (secondary N) is 1. The van der Waals surface area contributed by atoms with Crippen LogP contribution >= 0.6 is 19.4 Å². The smallest absolute Gasteiger partial charge is 0.307 e. The molecule has 6 heteroatoms. The van der Waals surface area contributed by atoms with Crippen molar-refractivity contribution in [1.29, 1.82) is 0 Å². The molecule has 1 N–H and O–H groups in total. The fourth-order valence-electron chi connectivity index (χ4n) is 3.00. The molecule has 3 fully saturated rings. The van der Waals surface area contributed by atoms with Gasteiger partial charge in [-0.1, -0.05) is 33.1 Å². The molecule has 2 aliphatic heterocycles. The van der Waals surface area contributed by atoms with Gasteiger partial charge in [0.1, 0.15) is 5.78 Å². The third-order valence-electron chi connectivity index (χ3n) is 4.26. The van der Waals surface area contributed by atoms with Crippen molar-refractivity contribution in [3.63, 3.8) is 0 Å². The first-order valence-electron chi connectivity index (χ1n) is 7.24. The van der Waals surface area contributed by atoms with Crippen LogP contribution in [-0.4, -0.2) is 29.6 Å². The van der Waals surface area contributed by atoms with Gasteiger partial charge in [0.15, 0.2) is 0 Å². The maximum Gasteiger partial charge on any atom is 0.348 e. The van der Waals surface area contributed by atoms with Gasteiger partial charge < -0.3 is 9.05 Å². The molecule has 0 aromatic heterocycles. The molecule has 0 amide bonds. The lowest BCUT2D eigenvalue weighted by Crippen LogP contribution is -2.44.